The van der Waals surface area contributed by atoms with Gasteiger partial charge in [-0.1, -0.05) is 5.16 Å². The first-order chi connectivity index (χ1) is 13.2. The van der Waals surface area contributed by atoms with E-state index >= 15 is 0 Å². The molecule has 1 aliphatic rings. The Balaban J connectivity index is 1.59. The van der Waals surface area contributed by atoms with Crippen LogP contribution in [0.15, 0.2) is 47.2 Å². The molecule has 0 aliphatic carbocycles. The highest BCUT2D eigenvalue weighted by molar-refractivity contribution is 5.98. The fraction of sp³-hybridized carbons (Fsp3) is 0.263. The van der Waals surface area contributed by atoms with Crippen molar-refractivity contribution in [2.45, 2.75) is 12.3 Å². The second-order valence-electron chi connectivity index (χ2n) is 6.14. The van der Waals surface area contributed by atoms with Crippen LogP contribution in [0.5, 0.6) is 11.5 Å². The van der Waals surface area contributed by atoms with E-state index in [1.165, 1.54) is 0 Å². The summed E-state index contributed by atoms with van der Waals surface area (Å²) in [5.41, 5.74) is 1.46. The molecule has 0 radical (unpaired) electrons. The van der Waals surface area contributed by atoms with Gasteiger partial charge >= 0.3 is 0 Å². The standard InChI is InChI=1S/C19H18N4O4/c1-25-14-3-4-16(26-2)15(10-14)23-11-13(9-17(23)24)18-21-19(27-22-18)12-5-7-20-8-6-12/h3-8,10,13H,9,11H2,1-2H3. The topological polar surface area (TPSA) is 90.6 Å². The molecule has 1 atom stereocenters. The quantitative estimate of drug-likeness (QED) is 0.685. The minimum Gasteiger partial charge on any atom is -0.497 e. The smallest absolute Gasteiger partial charge is 0.258 e. The zero-order valence-corrected chi connectivity index (χ0v) is 15.0. The SMILES string of the molecule is COc1ccc(OC)c(N2CC(c3noc(-c4ccncc4)n3)CC2=O)c1. The first-order valence-electron chi connectivity index (χ1n) is 8.46. The summed E-state index contributed by atoms with van der Waals surface area (Å²) in [6.45, 7) is 0.442. The largest absolute Gasteiger partial charge is 0.497 e. The molecule has 1 aromatic carbocycles. The number of rotatable bonds is 5. The van der Waals surface area contributed by atoms with E-state index < -0.39 is 0 Å². The fourth-order valence-electron chi connectivity index (χ4n) is 3.13. The van der Waals surface area contributed by atoms with Crippen LogP contribution < -0.4 is 14.4 Å². The molecular weight excluding hydrogens is 348 g/mol. The summed E-state index contributed by atoms with van der Waals surface area (Å²) in [5.74, 6) is 2.00. The summed E-state index contributed by atoms with van der Waals surface area (Å²) in [5, 5.41) is 4.07. The van der Waals surface area contributed by atoms with Crippen molar-refractivity contribution in [2.75, 3.05) is 25.7 Å². The van der Waals surface area contributed by atoms with E-state index in [9.17, 15) is 4.79 Å². The number of nitrogens with zero attached hydrogens (tertiary/aromatic N) is 4. The lowest BCUT2D eigenvalue weighted by Gasteiger charge is -2.20. The van der Waals surface area contributed by atoms with E-state index in [0.717, 1.165) is 5.56 Å². The summed E-state index contributed by atoms with van der Waals surface area (Å²) in [4.78, 5) is 22.7. The van der Waals surface area contributed by atoms with Gasteiger partial charge in [0.25, 0.3) is 5.89 Å². The number of ether oxygens (including phenoxy) is 2. The van der Waals surface area contributed by atoms with Crippen LogP contribution in [0, 0.1) is 0 Å². The van der Waals surface area contributed by atoms with Crippen LogP contribution in [-0.4, -0.2) is 41.8 Å². The molecule has 4 rings (SSSR count). The lowest BCUT2D eigenvalue weighted by molar-refractivity contribution is -0.117. The molecule has 0 N–H and O–H groups in total. The Labute approximate surface area is 155 Å². The second kappa shape index (κ2) is 7.06. The number of carbonyl (C=O) groups is 1. The third-order valence-corrected chi connectivity index (χ3v) is 4.54. The maximum Gasteiger partial charge on any atom is 0.258 e. The summed E-state index contributed by atoms with van der Waals surface area (Å²) in [7, 11) is 3.16. The number of pyridine rings is 1. The van der Waals surface area contributed by atoms with Crippen LogP contribution in [0.2, 0.25) is 0 Å². The number of benzene rings is 1. The number of hydrogen-bond acceptors (Lipinski definition) is 7. The minimum absolute atomic E-state index is 0.0261. The van der Waals surface area contributed by atoms with E-state index in [1.54, 1.807) is 61.8 Å². The molecule has 0 spiro atoms. The van der Waals surface area contributed by atoms with E-state index in [4.69, 9.17) is 14.0 Å². The predicted octanol–water partition coefficient (Wildman–Crippen LogP) is 2.67. The average Bonchev–Trinajstić information content (AvgIpc) is 3.35. The monoisotopic (exact) mass is 366 g/mol. The molecule has 1 saturated heterocycles. The van der Waals surface area contributed by atoms with Crippen molar-refractivity contribution in [2.24, 2.45) is 0 Å². The lowest BCUT2D eigenvalue weighted by Crippen LogP contribution is -2.25. The highest BCUT2D eigenvalue weighted by atomic mass is 16.5. The first kappa shape index (κ1) is 17.0. The van der Waals surface area contributed by atoms with Crippen LogP contribution in [0.3, 0.4) is 0 Å². The Morgan fingerprint density at radius 1 is 1.15 bits per heavy atom. The van der Waals surface area contributed by atoms with Crippen molar-refractivity contribution in [3.63, 3.8) is 0 Å². The molecule has 3 aromatic rings. The summed E-state index contributed by atoms with van der Waals surface area (Å²) < 4.78 is 16.0. The Bertz CT molecular complexity index is 957. The molecule has 1 unspecified atom stereocenters. The van der Waals surface area contributed by atoms with Gasteiger partial charge in [0, 0.05) is 42.9 Å². The highest BCUT2D eigenvalue weighted by Crippen LogP contribution is 2.38. The van der Waals surface area contributed by atoms with Gasteiger partial charge in [-0.15, -0.1) is 0 Å². The number of aromatic nitrogens is 3. The Morgan fingerprint density at radius 3 is 2.70 bits per heavy atom. The van der Waals surface area contributed by atoms with Gasteiger partial charge in [-0.2, -0.15) is 4.98 Å². The number of carbonyl (C=O) groups excluding carboxylic acids is 1. The molecule has 0 bridgehead atoms. The third kappa shape index (κ3) is 3.21. The highest BCUT2D eigenvalue weighted by Gasteiger charge is 2.36. The van der Waals surface area contributed by atoms with Crippen LogP contribution in [0.25, 0.3) is 11.5 Å². The van der Waals surface area contributed by atoms with Gasteiger partial charge in [-0.05, 0) is 24.3 Å². The van der Waals surface area contributed by atoms with Gasteiger partial charge in [0.2, 0.25) is 5.91 Å². The summed E-state index contributed by atoms with van der Waals surface area (Å²) in [6, 6.07) is 8.96. The van der Waals surface area contributed by atoms with Crippen molar-refractivity contribution < 1.29 is 18.8 Å². The van der Waals surface area contributed by atoms with Crippen LogP contribution in [-0.2, 0) is 4.79 Å². The molecular formula is C19H18N4O4. The number of anilines is 1. The van der Waals surface area contributed by atoms with E-state index in [1.807, 2.05) is 0 Å². The van der Waals surface area contributed by atoms with Gasteiger partial charge in [-0.3, -0.25) is 9.78 Å². The van der Waals surface area contributed by atoms with Crippen LogP contribution >= 0.6 is 0 Å². The van der Waals surface area contributed by atoms with E-state index in [-0.39, 0.29) is 11.8 Å². The third-order valence-electron chi connectivity index (χ3n) is 4.54. The minimum atomic E-state index is -0.159. The van der Waals surface area contributed by atoms with Crippen LogP contribution in [0.1, 0.15) is 18.2 Å². The van der Waals surface area contributed by atoms with Gasteiger partial charge < -0.3 is 18.9 Å². The van der Waals surface area contributed by atoms with Crippen molar-refractivity contribution in [3.05, 3.63) is 48.5 Å². The first-order valence-corrected chi connectivity index (χ1v) is 8.46. The van der Waals surface area contributed by atoms with E-state index in [2.05, 4.69) is 15.1 Å². The normalized spacial score (nSPS) is 16.6. The number of amides is 1. The zero-order valence-electron chi connectivity index (χ0n) is 15.0. The molecule has 2 aromatic heterocycles. The Morgan fingerprint density at radius 2 is 1.96 bits per heavy atom. The van der Waals surface area contributed by atoms with Crippen molar-refractivity contribution in [3.8, 4) is 23.0 Å². The average molecular weight is 366 g/mol. The predicted molar refractivity (Wildman–Crippen MR) is 96.8 cm³/mol. The van der Waals surface area contributed by atoms with Gasteiger partial charge in [-0.25, -0.2) is 0 Å². The molecule has 1 aliphatic heterocycles. The van der Waals surface area contributed by atoms with Crippen molar-refractivity contribution in [1.29, 1.82) is 0 Å². The molecule has 1 fully saturated rings. The van der Waals surface area contributed by atoms with Crippen molar-refractivity contribution >= 4 is 11.6 Å². The Kier molecular flexibility index (Phi) is 4.45. The molecule has 8 heteroatoms. The Hall–Kier alpha value is -3.42. The van der Waals surface area contributed by atoms with Gasteiger partial charge in [0.05, 0.1) is 19.9 Å². The van der Waals surface area contributed by atoms with E-state index in [0.29, 0.717) is 41.9 Å². The molecule has 1 amide bonds. The second-order valence-corrected chi connectivity index (χ2v) is 6.14. The molecule has 27 heavy (non-hydrogen) atoms. The molecule has 138 valence electrons. The van der Waals surface area contributed by atoms with Gasteiger partial charge in [0.1, 0.15) is 11.5 Å². The van der Waals surface area contributed by atoms with Crippen molar-refractivity contribution in [1.82, 2.24) is 15.1 Å². The summed E-state index contributed by atoms with van der Waals surface area (Å²) in [6.07, 6.45) is 3.62. The maximum atomic E-state index is 12.6. The number of methoxy groups -OCH3 is 2. The lowest BCUT2D eigenvalue weighted by atomic mass is 10.1. The maximum absolute atomic E-state index is 12.6. The fourth-order valence-corrected chi connectivity index (χ4v) is 3.13. The zero-order chi connectivity index (χ0) is 18.8. The van der Waals surface area contributed by atoms with Gasteiger partial charge in [0.15, 0.2) is 5.82 Å². The molecule has 3 heterocycles. The molecule has 8 nitrogen and oxygen atoms in total. The number of hydrogen-bond donors (Lipinski definition) is 0. The summed E-state index contributed by atoms with van der Waals surface area (Å²) >= 11 is 0. The van der Waals surface area contributed by atoms with Crippen LogP contribution in [0.4, 0.5) is 5.69 Å². The molecule has 0 saturated carbocycles.